The van der Waals surface area contributed by atoms with E-state index in [4.69, 9.17) is 4.74 Å². The predicted octanol–water partition coefficient (Wildman–Crippen LogP) is 2.07. The average molecular weight is 141 g/mol. The highest BCUT2D eigenvalue weighted by molar-refractivity contribution is 5.87. The Bertz CT molecular complexity index is 138. The highest BCUT2D eigenvalue weighted by Crippen LogP contribution is 2.07. The maximum Gasteiger partial charge on any atom is 0.333 e. The molecule has 1 radical (unpaired) electrons. The van der Waals surface area contributed by atoms with Gasteiger partial charge in [-0.3, -0.25) is 0 Å². The Morgan fingerprint density at radius 2 is 2.00 bits per heavy atom. The maximum atomic E-state index is 10.8. The Kier molecular flexibility index (Phi) is 3.77. The van der Waals surface area contributed by atoms with Gasteiger partial charge >= 0.3 is 5.97 Å². The first kappa shape index (κ1) is 9.21. The van der Waals surface area contributed by atoms with Crippen LogP contribution in [0.15, 0.2) is 12.2 Å². The van der Waals surface area contributed by atoms with Gasteiger partial charge in [0.1, 0.15) is 6.10 Å². The van der Waals surface area contributed by atoms with Crippen molar-refractivity contribution in [3.8, 4) is 0 Å². The SMILES string of the molecule is C=C(C)C(=O)O[C](C)CC. The topological polar surface area (TPSA) is 26.3 Å². The molecule has 0 aliphatic carbocycles. The van der Waals surface area contributed by atoms with Crippen molar-refractivity contribution in [2.45, 2.75) is 27.2 Å². The third-order valence-electron chi connectivity index (χ3n) is 1.11. The standard InChI is InChI=1S/C8H13O2/c1-5-7(4)10-8(9)6(2)3/h2,5H2,1,3-4H3. The van der Waals surface area contributed by atoms with E-state index in [9.17, 15) is 4.79 Å². The van der Waals surface area contributed by atoms with E-state index >= 15 is 0 Å². The summed E-state index contributed by atoms with van der Waals surface area (Å²) in [6.07, 6.45) is 1.49. The van der Waals surface area contributed by atoms with Gasteiger partial charge in [-0.1, -0.05) is 13.5 Å². The van der Waals surface area contributed by atoms with E-state index < -0.39 is 0 Å². The lowest BCUT2D eigenvalue weighted by molar-refractivity contribution is -0.137. The summed E-state index contributed by atoms with van der Waals surface area (Å²) >= 11 is 0. The lowest BCUT2D eigenvalue weighted by atomic mass is 10.3. The first-order chi connectivity index (χ1) is 4.57. The molecule has 0 fully saturated rings. The van der Waals surface area contributed by atoms with Crippen LogP contribution in [0.2, 0.25) is 0 Å². The van der Waals surface area contributed by atoms with Gasteiger partial charge in [-0.25, -0.2) is 4.79 Å². The number of ether oxygens (including phenoxy) is 1. The lowest BCUT2D eigenvalue weighted by Gasteiger charge is -2.07. The minimum absolute atomic E-state index is 0.334. The summed E-state index contributed by atoms with van der Waals surface area (Å²) < 4.78 is 4.84. The summed E-state index contributed by atoms with van der Waals surface area (Å²) in [5, 5.41) is 0. The van der Waals surface area contributed by atoms with Crippen molar-refractivity contribution in [3.63, 3.8) is 0 Å². The van der Waals surface area contributed by atoms with Gasteiger partial charge in [0.2, 0.25) is 0 Å². The van der Waals surface area contributed by atoms with E-state index in [-0.39, 0.29) is 5.97 Å². The van der Waals surface area contributed by atoms with Crippen LogP contribution in [0.25, 0.3) is 0 Å². The third-order valence-corrected chi connectivity index (χ3v) is 1.11. The third kappa shape index (κ3) is 3.28. The molecule has 0 unspecified atom stereocenters. The zero-order valence-corrected chi connectivity index (χ0v) is 6.73. The second kappa shape index (κ2) is 4.09. The Hall–Kier alpha value is -0.790. The van der Waals surface area contributed by atoms with Crippen LogP contribution in [0.5, 0.6) is 0 Å². The lowest BCUT2D eigenvalue weighted by Crippen LogP contribution is -2.07. The molecule has 0 aliphatic rings. The Labute approximate surface area is 61.9 Å². The monoisotopic (exact) mass is 141 g/mol. The first-order valence-corrected chi connectivity index (χ1v) is 3.28. The van der Waals surface area contributed by atoms with Crippen LogP contribution < -0.4 is 0 Å². The van der Waals surface area contributed by atoms with E-state index in [0.717, 1.165) is 12.5 Å². The molecule has 0 spiro atoms. The van der Waals surface area contributed by atoms with Crippen molar-refractivity contribution < 1.29 is 9.53 Å². The van der Waals surface area contributed by atoms with Gasteiger partial charge in [-0.05, 0) is 20.3 Å². The number of hydrogen-bond donors (Lipinski definition) is 0. The van der Waals surface area contributed by atoms with E-state index in [1.54, 1.807) is 13.8 Å². The van der Waals surface area contributed by atoms with Crippen molar-refractivity contribution in [1.29, 1.82) is 0 Å². The van der Waals surface area contributed by atoms with E-state index in [1.807, 2.05) is 6.92 Å². The number of esters is 1. The van der Waals surface area contributed by atoms with Gasteiger partial charge in [-0.2, -0.15) is 0 Å². The molecule has 0 aliphatic heterocycles. The maximum absolute atomic E-state index is 10.8. The minimum Gasteiger partial charge on any atom is -0.452 e. The quantitative estimate of drug-likeness (QED) is 0.444. The zero-order chi connectivity index (χ0) is 8.15. The number of carbonyl (C=O) groups excluding carboxylic acids is 1. The summed E-state index contributed by atoms with van der Waals surface area (Å²) in [5.74, 6) is -0.334. The van der Waals surface area contributed by atoms with E-state index in [2.05, 4.69) is 6.58 Å². The molecule has 0 aromatic heterocycles. The normalized spacial score (nSPS) is 9.60. The van der Waals surface area contributed by atoms with Gasteiger partial charge in [0.05, 0.1) is 0 Å². The van der Waals surface area contributed by atoms with Crippen LogP contribution in [-0.4, -0.2) is 5.97 Å². The molecule has 0 heterocycles. The average Bonchev–Trinajstić information content (AvgIpc) is 1.87. The smallest absolute Gasteiger partial charge is 0.333 e. The number of rotatable bonds is 3. The molecule has 57 valence electrons. The summed E-state index contributed by atoms with van der Waals surface area (Å²) in [7, 11) is 0. The molecule has 0 saturated carbocycles. The highest BCUT2D eigenvalue weighted by atomic mass is 16.5. The number of hydrogen-bond acceptors (Lipinski definition) is 2. The molecule has 0 aromatic carbocycles. The van der Waals surface area contributed by atoms with Crippen LogP contribution >= 0.6 is 0 Å². The summed E-state index contributed by atoms with van der Waals surface area (Å²) in [6, 6.07) is 0. The van der Waals surface area contributed by atoms with Crippen molar-refractivity contribution in [3.05, 3.63) is 18.3 Å². The van der Waals surface area contributed by atoms with Gasteiger partial charge in [-0.15, -0.1) is 0 Å². The van der Waals surface area contributed by atoms with E-state index in [1.165, 1.54) is 0 Å². The van der Waals surface area contributed by atoms with Crippen LogP contribution in [-0.2, 0) is 9.53 Å². The van der Waals surface area contributed by atoms with Crippen molar-refractivity contribution in [1.82, 2.24) is 0 Å². The molecule has 2 nitrogen and oxygen atoms in total. The first-order valence-electron chi connectivity index (χ1n) is 3.28. The summed E-state index contributed by atoms with van der Waals surface area (Å²) in [6.45, 7) is 8.79. The number of carbonyl (C=O) groups is 1. The Balaban J connectivity index is 3.68. The second-order valence-electron chi connectivity index (χ2n) is 2.23. The Morgan fingerprint density at radius 1 is 1.50 bits per heavy atom. The van der Waals surface area contributed by atoms with Crippen LogP contribution in [0.3, 0.4) is 0 Å². The van der Waals surface area contributed by atoms with E-state index in [0.29, 0.717) is 5.57 Å². The second-order valence-corrected chi connectivity index (χ2v) is 2.23. The molecular weight excluding hydrogens is 128 g/mol. The van der Waals surface area contributed by atoms with Gasteiger partial charge < -0.3 is 4.74 Å². The molecule has 0 aromatic rings. The molecule has 0 atom stereocenters. The van der Waals surface area contributed by atoms with Crippen LogP contribution in [0, 0.1) is 6.10 Å². The predicted molar refractivity (Wildman–Crippen MR) is 40.1 cm³/mol. The fourth-order valence-electron chi connectivity index (χ4n) is 0.318. The fourth-order valence-corrected chi connectivity index (χ4v) is 0.318. The minimum atomic E-state index is -0.334. The van der Waals surface area contributed by atoms with Crippen LogP contribution in [0.1, 0.15) is 27.2 Å². The largest absolute Gasteiger partial charge is 0.452 e. The zero-order valence-electron chi connectivity index (χ0n) is 6.73. The van der Waals surface area contributed by atoms with Crippen LogP contribution in [0.4, 0.5) is 0 Å². The highest BCUT2D eigenvalue weighted by Gasteiger charge is 2.07. The fraction of sp³-hybridized carbons (Fsp3) is 0.500. The molecule has 0 rings (SSSR count). The molecular formula is C8H13O2. The van der Waals surface area contributed by atoms with Gasteiger partial charge in [0.25, 0.3) is 0 Å². The summed E-state index contributed by atoms with van der Waals surface area (Å²) in [5.41, 5.74) is 0.438. The van der Waals surface area contributed by atoms with Gasteiger partial charge in [0.15, 0.2) is 0 Å². The van der Waals surface area contributed by atoms with Crippen molar-refractivity contribution in [2.75, 3.05) is 0 Å². The van der Waals surface area contributed by atoms with Gasteiger partial charge in [0, 0.05) is 5.57 Å². The Morgan fingerprint density at radius 3 is 2.30 bits per heavy atom. The molecule has 0 saturated heterocycles. The van der Waals surface area contributed by atoms with Crippen molar-refractivity contribution in [2.24, 2.45) is 0 Å². The molecule has 0 N–H and O–H groups in total. The summed E-state index contributed by atoms with van der Waals surface area (Å²) in [4.78, 5) is 10.8. The van der Waals surface area contributed by atoms with Crippen molar-refractivity contribution >= 4 is 5.97 Å². The molecule has 2 heteroatoms. The molecule has 10 heavy (non-hydrogen) atoms. The molecule has 0 amide bonds. The molecule has 0 bridgehead atoms.